The summed E-state index contributed by atoms with van der Waals surface area (Å²) in [6.45, 7) is 5.66. The number of nitrogens with zero attached hydrogens (tertiary/aromatic N) is 4. The van der Waals surface area contributed by atoms with E-state index in [9.17, 15) is 9.59 Å². The van der Waals surface area contributed by atoms with Gasteiger partial charge in [-0.05, 0) is 38.1 Å². The van der Waals surface area contributed by atoms with Gasteiger partial charge in [0.25, 0.3) is 5.91 Å². The number of nitrogens with two attached hydrogens (primary N) is 1. The Morgan fingerprint density at radius 1 is 1.07 bits per heavy atom. The molecule has 0 spiro atoms. The van der Waals surface area contributed by atoms with E-state index in [-0.39, 0.29) is 24.3 Å². The van der Waals surface area contributed by atoms with Crippen molar-refractivity contribution in [1.29, 1.82) is 0 Å². The first kappa shape index (κ1) is 20.3. The zero-order chi connectivity index (χ0) is 21.3. The third-order valence-electron chi connectivity index (χ3n) is 5.83. The molecule has 3 heterocycles. The molecule has 0 saturated carbocycles. The van der Waals surface area contributed by atoms with Crippen molar-refractivity contribution in [3.05, 3.63) is 41.9 Å². The molecule has 2 aliphatic rings. The van der Waals surface area contributed by atoms with Crippen LogP contribution in [0.2, 0.25) is 0 Å². The van der Waals surface area contributed by atoms with E-state index in [4.69, 9.17) is 4.74 Å². The number of anilines is 2. The van der Waals surface area contributed by atoms with E-state index >= 15 is 0 Å². The fourth-order valence-corrected chi connectivity index (χ4v) is 4.32. The van der Waals surface area contributed by atoms with E-state index in [2.05, 4.69) is 20.2 Å². The standard InChI is InChI=1S/C22H27N5O3/c1-14-12-20(24-15(2)23-14)26-10-8-16(9-11-26)25-19-13-21(28)27(22(19)29)17-4-6-18(30-3)7-5-17/h4-7,12,16,19,25H,8-11,13H2,1-3H3/p+1/t19-/m1/s1. The predicted octanol–water partition coefficient (Wildman–Crippen LogP) is 0.966. The summed E-state index contributed by atoms with van der Waals surface area (Å²) in [6, 6.07) is 9.02. The van der Waals surface area contributed by atoms with E-state index in [0.717, 1.165) is 43.3 Å². The molecule has 1 aromatic carbocycles. The summed E-state index contributed by atoms with van der Waals surface area (Å²) < 4.78 is 5.15. The van der Waals surface area contributed by atoms with Crippen molar-refractivity contribution in [3.63, 3.8) is 0 Å². The number of ether oxygens (including phenoxy) is 1. The number of aromatic nitrogens is 2. The molecule has 2 aliphatic heterocycles. The maximum Gasteiger partial charge on any atom is 0.292 e. The maximum atomic E-state index is 12.9. The highest BCUT2D eigenvalue weighted by atomic mass is 16.5. The van der Waals surface area contributed by atoms with Crippen LogP contribution in [0.4, 0.5) is 11.5 Å². The van der Waals surface area contributed by atoms with Crippen LogP contribution in [0.3, 0.4) is 0 Å². The lowest BCUT2D eigenvalue weighted by Gasteiger charge is -2.32. The molecule has 0 radical (unpaired) electrons. The SMILES string of the molecule is COc1ccc(N2C(=O)C[C@@H]([NH2+]C3CCN(c4cc(C)nc(C)n4)CC3)C2=O)cc1. The van der Waals surface area contributed by atoms with Crippen molar-refractivity contribution >= 4 is 23.3 Å². The van der Waals surface area contributed by atoms with Crippen LogP contribution in [0, 0.1) is 13.8 Å². The van der Waals surface area contributed by atoms with Crippen LogP contribution >= 0.6 is 0 Å². The number of amides is 2. The van der Waals surface area contributed by atoms with Gasteiger partial charge in [0, 0.05) is 37.7 Å². The Labute approximate surface area is 176 Å². The summed E-state index contributed by atoms with van der Waals surface area (Å²) in [5.41, 5.74) is 1.57. The van der Waals surface area contributed by atoms with Gasteiger partial charge in [-0.3, -0.25) is 9.59 Å². The molecule has 0 aliphatic carbocycles. The molecule has 0 unspecified atom stereocenters. The largest absolute Gasteiger partial charge is 0.497 e. The van der Waals surface area contributed by atoms with Gasteiger partial charge < -0.3 is 15.0 Å². The molecule has 2 N–H and O–H groups in total. The molecular formula is C22H28N5O3+. The number of methoxy groups -OCH3 is 1. The highest BCUT2D eigenvalue weighted by Crippen LogP contribution is 2.24. The van der Waals surface area contributed by atoms with Crippen molar-refractivity contribution < 1.29 is 19.6 Å². The minimum absolute atomic E-state index is 0.130. The normalized spacial score (nSPS) is 20.2. The highest BCUT2D eigenvalue weighted by molar-refractivity contribution is 6.21. The Hall–Kier alpha value is -3.00. The van der Waals surface area contributed by atoms with Crippen molar-refractivity contribution in [2.24, 2.45) is 0 Å². The zero-order valence-corrected chi connectivity index (χ0v) is 17.7. The second-order valence-electron chi connectivity index (χ2n) is 8.01. The van der Waals surface area contributed by atoms with Gasteiger partial charge in [0.1, 0.15) is 17.4 Å². The third kappa shape index (κ3) is 4.14. The summed E-state index contributed by atoms with van der Waals surface area (Å²) in [6.07, 6.45) is 2.14. The van der Waals surface area contributed by atoms with Crippen LogP contribution in [0.1, 0.15) is 30.8 Å². The summed E-state index contributed by atoms with van der Waals surface area (Å²) in [5.74, 6) is 2.18. The second-order valence-corrected chi connectivity index (χ2v) is 8.01. The fourth-order valence-electron chi connectivity index (χ4n) is 4.32. The number of carbonyl (C=O) groups is 2. The first-order valence-electron chi connectivity index (χ1n) is 10.4. The zero-order valence-electron chi connectivity index (χ0n) is 17.7. The molecule has 2 amide bonds. The first-order chi connectivity index (χ1) is 14.4. The lowest BCUT2D eigenvalue weighted by molar-refractivity contribution is -0.709. The Morgan fingerprint density at radius 2 is 1.77 bits per heavy atom. The minimum atomic E-state index is -0.348. The maximum absolute atomic E-state index is 12.9. The number of quaternary nitrogens is 1. The molecule has 1 aromatic heterocycles. The smallest absolute Gasteiger partial charge is 0.292 e. The van der Waals surface area contributed by atoms with Crippen LogP contribution in [0.5, 0.6) is 5.75 Å². The molecule has 0 bridgehead atoms. The number of hydrogen-bond donors (Lipinski definition) is 1. The van der Waals surface area contributed by atoms with Gasteiger partial charge in [-0.1, -0.05) is 0 Å². The van der Waals surface area contributed by atoms with Crippen molar-refractivity contribution in [2.45, 2.75) is 45.2 Å². The number of aryl methyl sites for hydroxylation is 2. The van der Waals surface area contributed by atoms with E-state index in [1.807, 2.05) is 19.9 Å². The monoisotopic (exact) mass is 410 g/mol. The van der Waals surface area contributed by atoms with E-state index in [1.165, 1.54) is 4.90 Å². The molecule has 1 atom stereocenters. The van der Waals surface area contributed by atoms with Crippen molar-refractivity contribution in [3.8, 4) is 5.75 Å². The molecule has 158 valence electrons. The van der Waals surface area contributed by atoms with Crippen LogP contribution in [0.25, 0.3) is 0 Å². The number of piperidine rings is 1. The molecular weight excluding hydrogens is 382 g/mol. The lowest BCUT2D eigenvalue weighted by Crippen LogP contribution is -2.97. The summed E-state index contributed by atoms with van der Waals surface area (Å²) in [5, 5.41) is 2.09. The van der Waals surface area contributed by atoms with Gasteiger partial charge in [-0.15, -0.1) is 0 Å². The van der Waals surface area contributed by atoms with Gasteiger partial charge in [0.05, 0.1) is 25.3 Å². The number of benzene rings is 1. The first-order valence-corrected chi connectivity index (χ1v) is 10.4. The molecule has 8 nitrogen and oxygen atoms in total. The number of rotatable bonds is 5. The highest BCUT2D eigenvalue weighted by Gasteiger charge is 2.43. The Morgan fingerprint density at radius 3 is 2.40 bits per heavy atom. The fraction of sp³-hybridized carbons (Fsp3) is 0.455. The molecule has 8 heteroatoms. The number of imide groups is 1. The van der Waals surface area contributed by atoms with Crippen molar-refractivity contribution in [1.82, 2.24) is 9.97 Å². The van der Waals surface area contributed by atoms with Crippen LogP contribution < -0.4 is 19.9 Å². The quantitative estimate of drug-likeness (QED) is 0.739. The van der Waals surface area contributed by atoms with Crippen molar-refractivity contribution in [2.75, 3.05) is 30.0 Å². The van der Waals surface area contributed by atoms with E-state index in [0.29, 0.717) is 17.5 Å². The molecule has 2 saturated heterocycles. The average Bonchev–Trinajstić information content (AvgIpc) is 3.01. The summed E-state index contributed by atoms with van der Waals surface area (Å²) >= 11 is 0. The van der Waals surface area contributed by atoms with Gasteiger partial charge in [-0.25, -0.2) is 14.9 Å². The van der Waals surface area contributed by atoms with E-state index in [1.54, 1.807) is 31.4 Å². The summed E-state index contributed by atoms with van der Waals surface area (Å²) in [7, 11) is 1.59. The lowest BCUT2D eigenvalue weighted by atomic mass is 10.0. The molecule has 30 heavy (non-hydrogen) atoms. The topological polar surface area (TPSA) is 92.2 Å². The molecule has 4 rings (SSSR count). The third-order valence-corrected chi connectivity index (χ3v) is 5.83. The van der Waals surface area contributed by atoms with Crippen LogP contribution in [0.15, 0.2) is 30.3 Å². The van der Waals surface area contributed by atoms with Gasteiger partial charge >= 0.3 is 0 Å². The Kier molecular flexibility index (Phi) is 5.67. The Bertz CT molecular complexity index is 918. The predicted molar refractivity (Wildman–Crippen MR) is 113 cm³/mol. The van der Waals surface area contributed by atoms with Gasteiger partial charge in [0.15, 0.2) is 6.04 Å². The average molecular weight is 410 g/mol. The molecule has 2 aromatic rings. The van der Waals surface area contributed by atoms with E-state index < -0.39 is 0 Å². The van der Waals surface area contributed by atoms with Gasteiger partial charge in [-0.2, -0.15) is 0 Å². The molecule has 2 fully saturated rings. The number of hydrogen-bond acceptors (Lipinski definition) is 6. The second kappa shape index (κ2) is 8.39. The Balaban J connectivity index is 1.36. The number of carbonyl (C=O) groups excluding carboxylic acids is 2. The van der Waals surface area contributed by atoms with Gasteiger partial charge in [0.2, 0.25) is 5.91 Å². The van der Waals surface area contributed by atoms with Crippen LogP contribution in [-0.4, -0.2) is 54.1 Å². The van der Waals surface area contributed by atoms with Crippen LogP contribution in [-0.2, 0) is 9.59 Å². The minimum Gasteiger partial charge on any atom is -0.497 e. The summed E-state index contributed by atoms with van der Waals surface area (Å²) in [4.78, 5) is 37.9.